The van der Waals surface area contributed by atoms with Crippen LogP contribution in [0.1, 0.15) is 30.3 Å². The quantitative estimate of drug-likeness (QED) is 0.656. The molecular weight excluding hydrogens is 408 g/mol. The number of hydrogen-bond donors (Lipinski definition) is 2. The van der Waals surface area contributed by atoms with E-state index < -0.39 is 21.8 Å². The topological polar surface area (TPSA) is 110 Å². The fraction of sp³-hybridized carbons (Fsp3) is 0.400. The number of aryl methyl sites for hydroxylation is 1. The van der Waals surface area contributed by atoms with Crippen molar-refractivity contribution in [3.8, 4) is 5.75 Å². The molecule has 1 aromatic carbocycles. The monoisotopic (exact) mass is 434 g/mol. The summed E-state index contributed by atoms with van der Waals surface area (Å²) in [7, 11) is -2.02. The van der Waals surface area contributed by atoms with E-state index in [0.29, 0.717) is 31.1 Å². The van der Waals surface area contributed by atoms with E-state index in [2.05, 4.69) is 10.6 Å². The van der Waals surface area contributed by atoms with Crippen LogP contribution in [0.25, 0.3) is 0 Å². The Morgan fingerprint density at radius 2 is 1.80 bits per heavy atom. The first-order valence-electron chi connectivity index (χ1n) is 9.78. The number of benzene rings is 1. The number of rotatable bonds is 8. The van der Waals surface area contributed by atoms with E-state index in [9.17, 15) is 18.0 Å². The van der Waals surface area contributed by atoms with Gasteiger partial charge in [-0.05, 0) is 50.1 Å². The molecule has 1 aromatic heterocycles. The van der Waals surface area contributed by atoms with E-state index >= 15 is 0 Å². The number of nitrogens with one attached hydrogen (secondary N) is 2. The highest BCUT2D eigenvalue weighted by molar-refractivity contribution is 7.89. The van der Waals surface area contributed by atoms with Crippen molar-refractivity contribution in [2.45, 2.75) is 24.7 Å². The van der Waals surface area contributed by atoms with E-state index in [4.69, 9.17) is 4.74 Å². The second kappa shape index (κ2) is 9.31. The van der Waals surface area contributed by atoms with Crippen LogP contribution in [0.2, 0.25) is 0 Å². The van der Waals surface area contributed by atoms with Crippen LogP contribution < -0.4 is 15.4 Å². The maximum Gasteiger partial charge on any atom is 0.268 e. The summed E-state index contributed by atoms with van der Waals surface area (Å²) in [5, 5.41) is 5.20. The molecule has 0 radical (unpaired) electrons. The Kier molecular flexibility index (Phi) is 6.78. The number of nitrogens with zero attached hydrogens (tertiary/aromatic N) is 2. The van der Waals surface area contributed by atoms with Crippen molar-refractivity contribution in [2.24, 2.45) is 7.05 Å². The maximum absolute atomic E-state index is 12.7. The molecule has 10 heteroatoms. The van der Waals surface area contributed by atoms with Crippen molar-refractivity contribution < 1.29 is 22.7 Å². The van der Waals surface area contributed by atoms with Crippen molar-refractivity contribution >= 4 is 27.5 Å². The van der Waals surface area contributed by atoms with Gasteiger partial charge in [-0.1, -0.05) is 0 Å². The summed E-state index contributed by atoms with van der Waals surface area (Å²) in [5.74, 6) is -0.221. The van der Waals surface area contributed by atoms with Gasteiger partial charge < -0.3 is 19.9 Å². The van der Waals surface area contributed by atoms with Crippen molar-refractivity contribution in [1.29, 1.82) is 0 Å². The predicted octanol–water partition coefficient (Wildman–Crippen LogP) is 1.58. The summed E-state index contributed by atoms with van der Waals surface area (Å²) in [5.41, 5.74) is 0.747. The van der Waals surface area contributed by atoms with E-state index in [0.717, 1.165) is 12.8 Å². The number of anilines is 1. The van der Waals surface area contributed by atoms with Crippen molar-refractivity contribution in [2.75, 3.05) is 31.6 Å². The third-order valence-electron chi connectivity index (χ3n) is 4.77. The number of ether oxygens (including phenoxy) is 1. The van der Waals surface area contributed by atoms with Gasteiger partial charge in [0.2, 0.25) is 15.9 Å². The molecule has 0 spiro atoms. The molecule has 2 heterocycles. The van der Waals surface area contributed by atoms with Gasteiger partial charge in [0, 0.05) is 32.0 Å². The fourth-order valence-corrected chi connectivity index (χ4v) is 4.82. The number of aromatic nitrogens is 1. The Labute approximate surface area is 176 Å². The first-order valence-corrected chi connectivity index (χ1v) is 11.2. The van der Waals surface area contributed by atoms with Gasteiger partial charge in [-0.3, -0.25) is 9.59 Å². The first kappa shape index (κ1) is 21.8. The molecule has 1 aliphatic heterocycles. The molecule has 0 unspecified atom stereocenters. The number of carbonyl (C=O) groups excluding carboxylic acids is 2. The van der Waals surface area contributed by atoms with Gasteiger partial charge in [-0.25, -0.2) is 8.42 Å². The summed E-state index contributed by atoms with van der Waals surface area (Å²) in [6, 6.07) is 8.23. The third kappa shape index (κ3) is 5.00. The molecule has 0 atom stereocenters. The lowest BCUT2D eigenvalue weighted by molar-refractivity contribution is -0.115. The molecule has 0 saturated carbocycles. The van der Waals surface area contributed by atoms with Gasteiger partial charge >= 0.3 is 0 Å². The minimum Gasteiger partial charge on any atom is -0.494 e. The van der Waals surface area contributed by atoms with Crippen molar-refractivity contribution in [3.63, 3.8) is 0 Å². The second-order valence-corrected chi connectivity index (χ2v) is 8.91. The highest BCUT2D eigenvalue weighted by Gasteiger charge is 2.29. The van der Waals surface area contributed by atoms with Gasteiger partial charge in [0.25, 0.3) is 5.91 Å². The van der Waals surface area contributed by atoms with Crippen LogP contribution in [0, 0.1) is 0 Å². The predicted molar refractivity (Wildman–Crippen MR) is 112 cm³/mol. The third-order valence-corrected chi connectivity index (χ3v) is 6.64. The Morgan fingerprint density at radius 1 is 1.13 bits per heavy atom. The van der Waals surface area contributed by atoms with Crippen LogP contribution in [0.15, 0.2) is 41.4 Å². The lowest BCUT2D eigenvalue weighted by Gasteiger charge is -2.13. The smallest absolute Gasteiger partial charge is 0.268 e. The molecule has 3 rings (SSSR count). The van der Waals surface area contributed by atoms with Gasteiger partial charge in [0.1, 0.15) is 16.3 Å². The molecule has 0 bridgehead atoms. The fourth-order valence-electron chi connectivity index (χ4n) is 3.24. The first-order chi connectivity index (χ1) is 14.3. The van der Waals surface area contributed by atoms with Crippen molar-refractivity contribution in [3.05, 3.63) is 42.2 Å². The second-order valence-electron chi connectivity index (χ2n) is 6.97. The minimum absolute atomic E-state index is 0.0795. The molecule has 162 valence electrons. The standard InChI is InChI=1S/C20H26N4O5S/c1-3-29-16-8-6-15(7-9-16)22-19(25)13-21-20(26)18-12-17(14-23(18)2)30(27,28)24-10-4-5-11-24/h6-9,12,14H,3-5,10-11,13H2,1-2H3,(H,21,26)(H,22,25). The molecular formula is C20H26N4O5S. The van der Waals surface area contributed by atoms with Crippen LogP contribution in [0.3, 0.4) is 0 Å². The maximum atomic E-state index is 12.7. The van der Waals surface area contributed by atoms with Crippen molar-refractivity contribution in [1.82, 2.24) is 14.2 Å². The van der Waals surface area contributed by atoms with Crippen LogP contribution in [0.5, 0.6) is 5.75 Å². The van der Waals surface area contributed by atoms with Gasteiger partial charge in [0.15, 0.2) is 0 Å². The van der Waals surface area contributed by atoms with Gasteiger partial charge in [0.05, 0.1) is 13.2 Å². The summed E-state index contributed by atoms with van der Waals surface area (Å²) in [6.07, 6.45) is 3.09. The lowest BCUT2D eigenvalue weighted by Crippen LogP contribution is -2.33. The van der Waals surface area contributed by atoms with Gasteiger partial charge in [-0.15, -0.1) is 0 Å². The Hall–Kier alpha value is -2.85. The normalized spacial score (nSPS) is 14.5. The number of amides is 2. The Bertz CT molecular complexity index is 1010. The largest absolute Gasteiger partial charge is 0.494 e. The minimum atomic E-state index is -3.61. The highest BCUT2D eigenvalue weighted by Crippen LogP contribution is 2.22. The zero-order valence-electron chi connectivity index (χ0n) is 17.1. The summed E-state index contributed by atoms with van der Waals surface area (Å²) >= 11 is 0. The SMILES string of the molecule is CCOc1ccc(NC(=O)CNC(=O)c2cc(S(=O)(=O)N3CCCC3)cn2C)cc1. The van der Waals surface area contributed by atoms with Crippen LogP contribution in [0.4, 0.5) is 5.69 Å². The number of carbonyl (C=O) groups is 2. The zero-order chi connectivity index (χ0) is 21.7. The summed E-state index contributed by atoms with van der Waals surface area (Å²) < 4.78 is 33.5. The molecule has 1 aliphatic rings. The summed E-state index contributed by atoms with van der Waals surface area (Å²) in [4.78, 5) is 24.7. The Morgan fingerprint density at radius 3 is 2.43 bits per heavy atom. The molecule has 9 nitrogen and oxygen atoms in total. The summed E-state index contributed by atoms with van der Waals surface area (Å²) in [6.45, 7) is 3.17. The number of hydrogen-bond acceptors (Lipinski definition) is 5. The molecule has 1 fully saturated rings. The average molecular weight is 435 g/mol. The molecule has 1 saturated heterocycles. The Balaban J connectivity index is 1.58. The molecule has 30 heavy (non-hydrogen) atoms. The van der Waals surface area contributed by atoms with E-state index in [1.54, 1.807) is 31.3 Å². The molecule has 2 amide bonds. The lowest BCUT2D eigenvalue weighted by atomic mass is 10.3. The molecule has 0 aliphatic carbocycles. The van der Waals surface area contributed by atoms with E-state index in [1.165, 1.54) is 21.1 Å². The highest BCUT2D eigenvalue weighted by atomic mass is 32.2. The van der Waals surface area contributed by atoms with Gasteiger partial charge in [-0.2, -0.15) is 4.31 Å². The molecule has 2 N–H and O–H groups in total. The number of sulfonamides is 1. The van der Waals surface area contributed by atoms with E-state index in [1.807, 2.05) is 6.92 Å². The van der Waals surface area contributed by atoms with E-state index in [-0.39, 0.29) is 17.1 Å². The average Bonchev–Trinajstić information content (AvgIpc) is 3.38. The van der Waals surface area contributed by atoms with Crippen LogP contribution in [-0.2, 0) is 21.9 Å². The zero-order valence-corrected chi connectivity index (χ0v) is 17.9. The molecule has 2 aromatic rings. The van der Waals surface area contributed by atoms with Crippen LogP contribution >= 0.6 is 0 Å². The van der Waals surface area contributed by atoms with Crippen LogP contribution in [-0.4, -0.2) is 55.3 Å².